The van der Waals surface area contributed by atoms with Crippen LogP contribution in [0.4, 0.5) is 4.79 Å². The summed E-state index contributed by atoms with van der Waals surface area (Å²) in [4.78, 5) is 37.9. The minimum atomic E-state index is -0.593. The summed E-state index contributed by atoms with van der Waals surface area (Å²) < 4.78 is 7.03. The molecule has 1 fully saturated rings. The van der Waals surface area contributed by atoms with E-state index in [2.05, 4.69) is 37.5 Å². The zero-order valence-electron chi connectivity index (χ0n) is 18.2. The third-order valence-electron chi connectivity index (χ3n) is 5.08. The van der Waals surface area contributed by atoms with Crippen molar-refractivity contribution in [2.24, 2.45) is 0 Å². The predicted molar refractivity (Wildman–Crippen MR) is 119 cm³/mol. The lowest BCUT2D eigenvalue weighted by atomic mass is 10.0. The molecular formula is C23H26N2O4S. The molecule has 1 aliphatic rings. The van der Waals surface area contributed by atoms with E-state index < -0.39 is 17.1 Å². The molecule has 1 aromatic heterocycles. The van der Waals surface area contributed by atoms with Crippen LogP contribution < -0.4 is 0 Å². The van der Waals surface area contributed by atoms with Crippen LogP contribution in [0.3, 0.4) is 0 Å². The van der Waals surface area contributed by atoms with Crippen LogP contribution >= 0.6 is 11.8 Å². The molecule has 0 aliphatic carbocycles. The third kappa shape index (κ3) is 4.07. The number of carbonyl (C=O) groups excluding carboxylic acids is 3. The first kappa shape index (κ1) is 21.9. The highest BCUT2D eigenvalue weighted by Crippen LogP contribution is 2.34. The summed E-state index contributed by atoms with van der Waals surface area (Å²) in [6.07, 6.45) is 1.73. The molecule has 30 heavy (non-hydrogen) atoms. The Kier molecular flexibility index (Phi) is 6.22. The van der Waals surface area contributed by atoms with Crippen molar-refractivity contribution in [3.05, 3.63) is 56.7 Å². The standard InChI is InChI=1S/C23H26N2O4S/c1-7-29-20(26)12-24-22(27)19(30-23(24)28)11-18-10-16(5)25(17(18)6)21-14(3)8-13(2)9-15(21)4/h8-11H,7,12H2,1-6H3/b19-11+. The number of nitrogens with zero attached hydrogens (tertiary/aromatic N) is 2. The fraction of sp³-hybridized carbons (Fsp3) is 0.348. The quantitative estimate of drug-likeness (QED) is 0.515. The lowest BCUT2D eigenvalue weighted by Gasteiger charge is -2.17. The van der Waals surface area contributed by atoms with Crippen molar-refractivity contribution in [1.82, 2.24) is 9.47 Å². The van der Waals surface area contributed by atoms with Gasteiger partial charge in [0.25, 0.3) is 11.1 Å². The van der Waals surface area contributed by atoms with E-state index in [1.54, 1.807) is 13.0 Å². The first-order valence-corrected chi connectivity index (χ1v) is 10.6. The first-order valence-electron chi connectivity index (χ1n) is 9.82. The Morgan fingerprint density at radius 1 is 1.07 bits per heavy atom. The second kappa shape index (κ2) is 8.52. The SMILES string of the molecule is CCOC(=O)CN1C(=O)S/C(=C/c2cc(C)n(-c3c(C)cc(C)cc3C)c2C)C1=O. The maximum Gasteiger partial charge on any atom is 0.326 e. The maximum absolute atomic E-state index is 12.7. The van der Waals surface area contributed by atoms with Crippen molar-refractivity contribution in [1.29, 1.82) is 0 Å². The number of ether oxygens (including phenoxy) is 1. The Balaban J connectivity index is 1.97. The number of amides is 2. The van der Waals surface area contributed by atoms with Gasteiger partial charge in [-0.2, -0.15) is 0 Å². The smallest absolute Gasteiger partial charge is 0.326 e. The average molecular weight is 427 g/mol. The van der Waals surface area contributed by atoms with Gasteiger partial charge in [-0.05, 0) is 82.1 Å². The predicted octanol–water partition coefficient (Wildman–Crippen LogP) is 4.62. The van der Waals surface area contributed by atoms with Crippen LogP contribution in [-0.2, 0) is 14.3 Å². The van der Waals surface area contributed by atoms with Crippen LogP contribution in [0.25, 0.3) is 11.8 Å². The van der Waals surface area contributed by atoms with Crippen LogP contribution in [-0.4, -0.2) is 39.7 Å². The molecule has 0 spiro atoms. The van der Waals surface area contributed by atoms with Crippen molar-refractivity contribution in [2.75, 3.05) is 13.2 Å². The fourth-order valence-corrected chi connectivity index (χ4v) is 4.75. The molecule has 0 unspecified atom stereocenters. The van der Waals surface area contributed by atoms with E-state index in [1.807, 2.05) is 19.9 Å². The van der Waals surface area contributed by atoms with Crippen LogP contribution in [0.15, 0.2) is 23.1 Å². The normalized spacial score (nSPS) is 15.4. The number of aromatic nitrogens is 1. The van der Waals surface area contributed by atoms with Crippen molar-refractivity contribution in [2.45, 2.75) is 41.5 Å². The Bertz CT molecular complexity index is 1060. The molecule has 0 atom stereocenters. The molecule has 7 heteroatoms. The van der Waals surface area contributed by atoms with E-state index in [0.29, 0.717) is 4.91 Å². The number of imide groups is 1. The van der Waals surface area contributed by atoms with Gasteiger partial charge in [0.05, 0.1) is 17.2 Å². The van der Waals surface area contributed by atoms with Crippen molar-refractivity contribution >= 4 is 35.0 Å². The summed E-state index contributed by atoms with van der Waals surface area (Å²) in [7, 11) is 0. The van der Waals surface area contributed by atoms with E-state index >= 15 is 0 Å². The van der Waals surface area contributed by atoms with Gasteiger partial charge in [0.1, 0.15) is 6.54 Å². The van der Waals surface area contributed by atoms with Gasteiger partial charge in [-0.3, -0.25) is 19.3 Å². The third-order valence-corrected chi connectivity index (χ3v) is 5.99. The van der Waals surface area contributed by atoms with Crippen LogP contribution in [0.1, 0.15) is 40.6 Å². The second-order valence-corrected chi connectivity index (χ2v) is 8.48. The molecule has 0 radical (unpaired) electrons. The molecule has 6 nitrogen and oxygen atoms in total. The van der Waals surface area contributed by atoms with E-state index in [-0.39, 0.29) is 13.2 Å². The Morgan fingerprint density at radius 2 is 1.70 bits per heavy atom. The summed E-state index contributed by atoms with van der Waals surface area (Å²) in [6.45, 7) is 11.8. The molecule has 158 valence electrons. The molecule has 3 rings (SSSR count). The maximum atomic E-state index is 12.7. The molecular weight excluding hydrogens is 400 g/mol. The van der Waals surface area contributed by atoms with E-state index in [1.165, 1.54) is 16.7 Å². The van der Waals surface area contributed by atoms with Crippen LogP contribution in [0.2, 0.25) is 0 Å². The largest absolute Gasteiger partial charge is 0.465 e. The van der Waals surface area contributed by atoms with Gasteiger partial charge in [0.2, 0.25) is 0 Å². The van der Waals surface area contributed by atoms with E-state index in [4.69, 9.17) is 4.74 Å². The van der Waals surface area contributed by atoms with Gasteiger partial charge in [-0.1, -0.05) is 17.7 Å². The van der Waals surface area contributed by atoms with Crippen LogP contribution in [0.5, 0.6) is 0 Å². The van der Waals surface area contributed by atoms with Gasteiger partial charge in [-0.25, -0.2) is 0 Å². The van der Waals surface area contributed by atoms with Gasteiger partial charge in [0.15, 0.2) is 0 Å². The minimum absolute atomic E-state index is 0.203. The zero-order valence-corrected chi connectivity index (χ0v) is 19.0. The topological polar surface area (TPSA) is 68.6 Å². The minimum Gasteiger partial charge on any atom is -0.465 e. The molecule has 2 heterocycles. The molecule has 1 aliphatic heterocycles. The lowest BCUT2D eigenvalue weighted by molar-refractivity contribution is -0.145. The Labute approximate surface area is 180 Å². The molecule has 0 saturated carbocycles. The summed E-state index contributed by atoms with van der Waals surface area (Å²) in [5.74, 6) is -1.06. The molecule has 1 saturated heterocycles. The fourth-order valence-electron chi connectivity index (χ4n) is 3.92. The van der Waals surface area contributed by atoms with Gasteiger partial charge < -0.3 is 9.30 Å². The monoisotopic (exact) mass is 426 g/mol. The van der Waals surface area contributed by atoms with Crippen molar-refractivity contribution < 1.29 is 19.1 Å². The van der Waals surface area contributed by atoms with Gasteiger partial charge in [0, 0.05) is 11.4 Å². The number of benzene rings is 1. The Hall–Kier alpha value is -2.80. The Morgan fingerprint density at radius 3 is 2.30 bits per heavy atom. The summed E-state index contributed by atoms with van der Waals surface area (Å²) in [5, 5.41) is -0.460. The average Bonchev–Trinajstić information content (AvgIpc) is 3.06. The number of carbonyl (C=O) groups is 3. The highest BCUT2D eigenvalue weighted by molar-refractivity contribution is 8.18. The van der Waals surface area contributed by atoms with Gasteiger partial charge in [-0.15, -0.1) is 0 Å². The van der Waals surface area contributed by atoms with E-state index in [9.17, 15) is 14.4 Å². The summed E-state index contributed by atoms with van der Waals surface area (Å²) >= 11 is 0.846. The number of hydrogen-bond donors (Lipinski definition) is 0. The number of aryl methyl sites for hydroxylation is 4. The van der Waals surface area contributed by atoms with Crippen molar-refractivity contribution in [3.8, 4) is 5.69 Å². The lowest BCUT2D eigenvalue weighted by Crippen LogP contribution is -2.34. The van der Waals surface area contributed by atoms with Crippen molar-refractivity contribution in [3.63, 3.8) is 0 Å². The van der Waals surface area contributed by atoms with E-state index in [0.717, 1.165) is 39.3 Å². The highest BCUT2D eigenvalue weighted by Gasteiger charge is 2.36. The molecule has 2 amide bonds. The van der Waals surface area contributed by atoms with Gasteiger partial charge >= 0.3 is 5.97 Å². The number of thioether (sulfide) groups is 1. The molecule has 0 N–H and O–H groups in total. The molecule has 2 aromatic rings. The number of esters is 1. The number of rotatable bonds is 5. The zero-order chi connectivity index (χ0) is 22.2. The second-order valence-electron chi connectivity index (χ2n) is 7.48. The summed E-state index contributed by atoms with van der Waals surface area (Å²) in [6, 6.07) is 6.32. The summed E-state index contributed by atoms with van der Waals surface area (Å²) in [5.41, 5.74) is 7.59. The first-order chi connectivity index (χ1) is 14.1. The molecule has 1 aromatic carbocycles. The van der Waals surface area contributed by atoms with Crippen LogP contribution in [0, 0.1) is 34.6 Å². The molecule has 0 bridgehead atoms. The highest BCUT2D eigenvalue weighted by atomic mass is 32.2. The number of hydrogen-bond acceptors (Lipinski definition) is 5.